The molecule has 1 saturated heterocycles. The number of aliphatic hydroxyl groups excluding tert-OH is 1. The van der Waals surface area contributed by atoms with Crippen molar-refractivity contribution in [2.75, 3.05) is 56.0 Å². The summed E-state index contributed by atoms with van der Waals surface area (Å²) in [4.78, 5) is 15.3. The second kappa shape index (κ2) is 7.94. The van der Waals surface area contributed by atoms with Crippen LogP contribution in [0.4, 0.5) is 17.8 Å². The molecular formula is C13H24N6O2. The van der Waals surface area contributed by atoms with Crippen LogP contribution in [-0.4, -0.2) is 66.6 Å². The summed E-state index contributed by atoms with van der Waals surface area (Å²) in [6.07, 6.45) is 3.57. The Balaban J connectivity index is 2.16. The van der Waals surface area contributed by atoms with Gasteiger partial charge in [0.2, 0.25) is 17.8 Å². The maximum atomic E-state index is 9.32. The third-order valence-corrected chi connectivity index (χ3v) is 3.41. The van der Waals surface area contributed by atoms with Gasteiger partial charge in [-0.3, -0.25) is 0 Å². The maximum absolute atomic E-state index is 9.32. The lowest BCUT2D eigenvalue weighted by atomic mass is 10.1. The molecule has 1 fully saturated rings. The summed E-state index contributed by atoms with van der Waals surface area (Å²) in [5.74, 6) is 1.64. The molecule has 0 radical (unpaired) electrons. The second-order valence-electron chi connectivity index (χ2n) is 5.06. The van der Waals surface area contributed by atoms with Gasteiger partial charge in [0.25, 0.3) is 0 Å². The van der Waals surface area contributed by atoms with Crippen molar-refractivity contribution in [3.63, 3.8) is 0 Å². The number of anilines is 3. The van der Waals surface area contributed by atoms with Crippen LogP contribution in [0.1, 0.15) is 19.3 Å². The number of aliphatic hydroxyl groups is 1. The van der Waals surface area contributed by atoms with Crippen LogP contribution in [0.5, 0.6) is 0 Å². The van der Waals surface area contributed by atoms with E-state index in [1.807, 2.05) is 0 Å². The quantitative estimate of drug-likeness (QED) is 0.662. The molecule has 0 aliphatic carbocycles. The fraction of sp³-hybridized carbons (Fsp3) is 0.769. The van der Waals surface area contributed by atoms with Crippen molar-refractivity contribution in [2.24, 2.45) is 0 Å². The van der Waals surface area contributed by atoms with Gasteiger partial charge >= 0.3 is 0 Å². The van der Waals surface area contributed by atoms with Crippen LogP contribution in [0.2, 0.25) is 0 Å². The van der Waals surface area contributed by atoms with Gasteiger partial charge in [-0.05, 0) is 19.3 Å². The lowest BCUT2D eigenvalue weighted by molar-refractivity contribution is 0.153. The molecule has 1 unspecified atom stereocenters. The molecule has 1 aromatic rings. The molecule has 1 aliphatic rings. The van der Waals surface area contributed by atoms with Gasteiger partial charge in [-0.1, -0.05) is 0 Å². The summed E-state index contributed by atoms with van der Waals surface area (Å²) in [6.45, 7) is 2.27. The van der Waals surface area contributed by atoms with Crippen LogP contribution >= 0.6 is 0 Å². The molecule has 21 heavy (non-hydrogen) atoms. The van der Waals surface area contributed by atoms with E-state index in [0.717, 1.165) is 25.9 Å². The molecule has 1 aliphatic heterocycles. The molecule has 8 nitrogen and oxygen atoms in total. The number of nitrogens with zero attached hydrogens (tertiary/aromatic N) is 4. The van der Waals surface area contributed by atoms with Crippen molar-refractivity contribution >= 4 is 17.8 Å². The predicted octanol–water partition coefficient (Wildman–Crippen LogP) is 0.323. The molecule has 0 aromatic carbocycles. The van der Waals surface area contributed by atoms with Crippen molar-refractivity contribution in [1.29, 1.82) is 0 Å². The Labute approximate surface area is 125 Å². The van der Waals surface area contributed by atoms with Crippen molar-refractivity contribution in [2.45, 2.75) is 25.3 Å². The summed E-state index contributed by atoms with van der Waals surface area (Å²) in [5, 5.41) is 15.4. The van der Waals surface area contributed by atoms with E-state index in [1.165, 1.54) is 6.42 Å². The summed E-state index contributed by atoms with van der Waals surface area (Å²) in [7, 11) is 3.37. The normalized spacial score (nSPS) is 16.6. The Morgan fingerprint density at radius 2 is 1.90 bits per heavy atom. The molecular weight excluding hydrogens is 272 g/mol. The van der Waals surface area contributed by atoms with Crippen LogP contribution in [-0.2, 0) is 4.74 Å². The monoisotopic (exact) mass is 296 g/mol. The Morgan fingerprint density at radius 1 is 1.19 bits per heavy atom. The van der Waals surface area contributed by atoms with Crippen molar-refractivity contribution in [1.82, 2.24) is 15.0 Å². The number of methoxy groups -OCH3 is 1. The van der Waals surface area contributed by atoms with Gasteiger partial charge in [0.05, 0.1) is 19.3 Å². The average Bonchev–Trinajstić information content (AvgIpc) is 2.55. The van der Waals surface area contributed by atoms with Crippen molar-refractivity contribution in [3.8, 4) is 0 Å². The summed E-state index contributed by atoms with van der Waals surface area (Å²) in [5.41, 5.74) is 0. The Morgan fingerprint density at radius 3 is 2.52 bits per heavy atom. The third kappa shape index (κ3) is 4.40. The summed E-state index contributed by atoms with van der Waals surface area (Å²) >= 11 is 0. The van der Waals surface area contributed by atoms with Crippen LogP contribution in [0.3, 0.4) is 0 Å². The van der Waals surface area contributed by atoms with E-state index in [2.05, 4.69) is 30.5 Å². The van der Waals surface area contributed by atoms with E-state index >= 15 is 0 Å². The Bertz CT molecular complexity index is 439. The molecule has 3 N–H and O–H groups in total. The third-order valence-electron chi connectivity index (χ3n) is 3.41. The zero-order chi connectivity index (χ0) is 15.1. The van der Waals surface area contributed by atoms with E-state index < -0.39 is 0 Å². The fourth-order valence-corrected chi connectivity index (χ4v) is 2.30. The van der Waals surface area contributed by atoms with E-state index in [1.54, 1.807) is 14.2 Å². The minimum absolute atomic E-state index is 0.0482. The van der Waals surface area contributed by atoms with Gasteiger partial charge in [-0.2, -0.15) is 15.0 Å². The van der Waals surface area contributed by atoms with E-state index in [9.17, 15) is 5.11 Å². The van der Waals surface area contributed by atoms with Gasteiger partial charge in [0.1, 0.15) is 0 Å². The largest absolute Gasteiger partial charge is 0.394 e. The maximum Gasteiger partial charge on any atom is 0.231 e. The number of ether oxygens (including phenoxy) is 1. The summed E-state index contributed by atoms with van der Waals surface area (Å²) < 4.78 is 5.05. The first-order valence-corrected chi connectivity index (χ1v) is 7.32. The van der Waals surface area contributed by atoms with Gasteiger partial charge in [0, 0.05) is 27.2 Å². The molecule has 1 aromatic heterocycles. The van der Waals surface area contributed by atoms with Gasteiger partial charge < -0.3 is 25.4 Å². The lowest BCUT2D eigenvalue weighted by Crippen LogP contribution is -2.33. The first kappa shape index (κ1) is 15.7. The number of rotatable bonds is 7. The minimum Gasteiger partial charge on any atom is -0.394 e. The first-order chi connectivity index (χ1) is 10.3. The van der Waals surface area contributed by atoms with Gasteiger partial charge in [-0.25, -0.2) is 0 Å². The SMILES string of the molecule is CNc1nc(NC(CO)COC)nc(N2CCCCC2)n1. The molecule has 2 rings (SSSR count). The van der Waals surface area contributed by atoms with Crippen molar-refractivity contribution in [3.05, 3.63) is 0 Å². The van der Waals surface area contributed by atoms with E-state index in [0.29, 0.717) is 24.5 Å². The number of hydrogen-bond acceptors (Lipinski definition) is 8. The average molecular weight is 296 g/mol. The zero-order valence-electron chi connectivity index (χ0n) is 12.7. The minimum atomic E-state index is -0.240. The zero-order valence-corrected chi connectivity index (χ0v) is 12.7. The molecule has 118 valence electrons. The van der Waals surface area contributed by atoms with Crippen molar-refractivity contribution < 1.29 is 9.84 Å². The highest BCUT2D eigenvalue weighted by atomic mass is 16.5. The molecule has 2 heterocycles. The van der Waals surface area contributed by atoms with Gasteiger partial charge in [-0.15, -0.1) is 0 Å². The second-order valence-corrected chi connectivity index (χ2v) is 5.06. The highest BCUT2D eigenvalue weighted by Crippen LogP contribution is 2.18. The van der Waals surface area contributed by atoms with Crippen LogP contribution in [0.25, 0.3) is 0 Å². The number of nitrogens with one attached hydrogen (secondary N) is 2. The first-order valence-electron chi connectivity index (χ1n) is 7.32. The Kier molecular flexibility index (Phi) is 5.94. The van der Waals surface area contributed by atoms with Crippen LogP contribution < -0.4 is 15.5 Å². The molecule has 1 atom stereocenters. The smallest absolute Gasteiger partial charge is 0.231 e. The number of aromatic nitrogens is 3. The predicted molar refractivity (Wildman–Crippen MR) is 81.8 cm³/mol. The highest BCUT2D eigenvalue weighted by Gasteiger charge is 2.17. The Hall–Kier alpha value is -1.67. The van der Waals surface area contributed by atoms with E-state index in [4.69, 9.17) is 4.74 Å². The molecule has 0 bridgehead atoms. The molecule has 0 amide bonds. The topological polar surface area (TPSA) is 95.4 Å². The van der Waals surface area contributed by atoms with Crippen LogP contribution in [0, 0.1) is 0 Å². The molecule has 0 saturated carbocycles. The fourth-order valence-electron chi connectivity index (χ4n) is 2.30. The number of piperidine rings is 1. The number of hydrogen-bond donors (Lipinski definition) is 3. The summed E-state index contributed by atoms with van der Waals surface area (Å²) in [6, 6.07) is -0.240. The van der Waals surface area contributed by atoms with Gasteiger partial charge in [0.15, 0.2) is 0 Å². The highest BCUT2D eigenvalue weighted by molar-refractivity contribution is 5.44. The standard InChI is InChI=1S/C13H24N6O2/c1-14-11-16-12(15-10(8-20)9-21-2)18-13(17-11)19-6-4-3-5-7-19/h10,20H,3-9H2,1-2H3,(H2,14,15,16,17,18). The van der Waals surface area contributed by atoms with E-state index in [-0.39, 0.29) is 12.6 Å². The van der Waals surface area contributed by atoms with Crippen LogP contribution in [0.15, 0.2) is 0 Å². The molecule has 0 spiro atoms. The lowest BCUT2D eigenvalue weighted by Gasteiger charge is -2.27. The molecule has 8 heteroatoms.